The van der Waals surface area contributed by atoms with E-state index in [-0.39, 0.29) is 12.7 Å². The van der Waals surface area contributed by atoms with E-state index in [1.54, 1.807) is 7.11 Å². The van der Waals surface area contributed by atoms with Crippen LogP contribution in [0.2, 0.25) is 0 Å². The lowest BCUT2D eigenvalue weighted by atomic mass is 10.0. The van der Waals surface area contributed by atoms with Crippen molar-refractivity contribution in [3.63, 3.8) is 0 Å². The second kappa shape index (κ2) is 19.5. The largest absolute Gasteiger partial charge is 0.394 e. The van der Waals surface area contributed by atoms with Gasteiger partial charge in [-0.25, -0.2) is 0 Å². The van der Waals surface area contributed by atoms with Crippen LogP contribution >= 0.6 is 11.8 Å². The van der Waals surface area contributed by atoms with Gasteiger partial charge in [-0.15, -0.1) is 0 Å². The molecule has 1 unspecified atom stereocenters. The molecule has 0 spiro atoms. The molecule has 3 heteroatoms. The zero-order valence-corrected chi connectivity index (χ0v) is 20.0. The molecule has 0 aliphatic rings. The van der Waals surface area contributed by atoms with E-state index in [9.17, 15) is 0 Å². The molecule has 0 aromatic heterocycles. The second-order valence-corrected chi connectivity index (χ2v) is 9.47. The molecule has 0 heterocycles. The highest BCUT2D eigenvalue weighted by atomic mass is 32.2. The molecular formula is C26H46O2S. The first-order valence-corrected chi connectivity index (χ1v) is 13.2. The van der Waals surface area contributed by atoms with Gasteiger partial charge in [-0.1, -0.05) is 89.0 Å². The lowest BCUT2D eigenvalue weighted by Gasteiger charge is -2.11. The summed E-state index contributed by atoms with van der Waals surface area (Å²) in [4.78, 5) is 0. The van der Waals surface area contributed by atoms with Gasteiger partial charge < -0.3 is 9.84 Å². The predicted molar refractivity (Wildman–Crippen MR) is 130 cm³/mol. The fourth-order valence-electron chi connectivity index (χ4n) is 3.63. The zero-order chi connectivity index (χ0) is 21.0. The molecule has 29 heavy (non-hydrogen) atoms. The number of methoxy groups -OCH3 is 1. The maximum absolute atomic E-state index is 9.07. The summed E-state index contributed by atoms with van der Waals surface area (Å²) in [5.41, 5.74) is 3.02. The Bertz CT molecular complexity index is 456. The van der Waals surface area contributed by atoms with Crippen molar-refractivity contribution in [2.45, 2.75) is 103 Å². The van der Waals surface area contributed by atoms with Crippen molar-refractivity contribution in [1.29, 1.82) is 0 Å². The highest BCUT2D eigenvalue weighted by Crippen LogP contribution is 2.15. The number of ether oxygens (including phenoxy) is 1. The van der Waals surface area contributed by atoms with Gasteiger partial charge in [0.25, 0.3) is 0 Å². The Morgan fingerprint density at radius 1 is 0.759 bits per heavy atom. The number of thioether (sulfide) groups is 1. The lowest BCUT2D eigenvalue weighted by Crippen LogP contribution is -2.18. The highest BCUT2D eigenvalue weighted by Gasteiger charge is 2.04. The van der Waals surface area contributed by atoms with Crippen molar-refractivity contribution in [2.24, 2.45) is 0 Å². The molecule has 0 fully saturated rings. The molecular weight excluding hydrogens is 376 g/mol. The van der Waals surface area contributed by atoms with E-state index >= 15 is 0 Å². The molecule has 1 aromatic carbocycles. The Hall–Kier alpha value is -0.510. The van der Waals surface area contributed by atoms with Crippen LogP contribution < -0.4 is 0 Å². The number of aliphatic hydroxyl groups excluding tert-OH is 1. The number of benzene rings is 1. The minimum atomic E-state index is 0.00427. The van der Waals surface area contributed by atoms with E-state index in [1.807, 2.05) is 11.8 Å². The summed E-state index contributed by atoms with van der Waals surface area (Å²) in [5, 5.41) is 9.07. The standard InChI is InChI=1S/C26H46O2S/c1-3-4-5-6-9-12-15-24-17-19-25(20-18-24)16-13-10-7-8-11-14-21-29-23-26(22-27)28-2/h17-20,26-27H,3-16,21-23H2,1-2H3. The van der Waals surface area contributed by atoms with Crippen LogP contribution in [0.3, 0.4) is 0 Å². The summed E-state index contributed by atoms with van der Waals surface area (Å²) >= 11 is 1.90. The van der Waals surface area contributed by atoms with E-state index in [2.05, 4.69) is 31.2 Å². The third kappa shape index (κ3) is 15.0. The van der Waals surface area contributed by atoms with Gasteiger partial charge in [-0.2, -0.15) is 11.8 Å². The van der Waals surface area contributed by atoms with Crippen LogP contribution in [-0.4, -0.2) is 36.4 Å². The van der Waals surface area contributed by atoms with Crippen molar-refractivity contribution in [3.8, 4) is 0 Å². The van der Waals surface area contributed by atoms with Gasteiger partial charge in [0.2, 0.25) is 0 Å². The second-order valence-electron chi connectivity index (χ2n) is 8.32. The molecule has 1 N–H and O–H groups in total. The first kappa shape index (κ1) is 26.5. The van der Waals surface area contributed by atoms with Crippen molar-refractivity contribution in [1.82, 2.24) is 0 Å². The van der Waals surface area contributed by atoms with Gasteiger partial charge in [0.15, 0.2) is 0 Å². The molecule has 1 aromatic rings. The van der Waals surface area contributed by atoms with E-state index in [0.29, 0.717) is 0 Å². The molecule has 168 valence electrons. The van der Waals surface area contributed by atoms with Crippen LogP contribution in [0.4, 0.5) is 0 Å². The lowest BCUT2D eigenvalue weighted by molar-refractivity contribution is 0.0656. The smallest absolute Gasteiger partial charge is 0.0892 e. The fraction of sp³-hybridized carbons (Fsp3) is 0.769. The zero-order valence-electron chi connectivity index (χ0n) is 19.2. The maximum atomic E-state index is 9.07. The molecule has 0 amide bonds. The molecule has 0 radical (unpaired) electrons. The number of rotatable bonds is 20. The molecule has 2 nitrogen and oxygen atoms in total. The van der Waals surface area contributed by atoms with E-state index in [0.717, 1.165) is 5.75 Å². The Kier molecular flexibility index (Phi) is 17.8. The van der Waals surface area contributed by atoms with Crippen LogP contribution in [0.1, 0.15) is 95.1 Å². The minimum Gasteiger partial charge on any atom is -0.394 e. The van der Waals surface area contributed by atoms with Crippen molar-refractivity contribution in [2.75, 3.05) is 25.2 Å². The molecule has 0 saturated carbocycles. The summed E-state index contributed by atoms with van der Waals surface area (Å²) < 4.78 is 5.18. The van der Waals surface area contributed by atoms with Crippen molar-refractivity contribution in [3.05, 3.63) is 35.4 Å². The summed E-state index contributed by atoms with van der Waals surface area (Å²) in [6.07, 6.45) is 18.8. The van der Waals surface area contributed by atoms with Crippen molar-refractivity contribution < 1.29 is 9.84 Å². The number of aliphatic hydroxyl groups is 1. The third-order valence-corrected chi connectivity index (χ3v) is 6.87. The van der Waals surface area contributed by atoms with E-state index < -0.39 is 0 Å². The van der Waals surface area contributed by atoms with Gasteiger partial charge in [-0.05, 0) is 49.0 Å². The Labute approximate surface area is 185 Å². The van der Waals surface area contributed by atoms with Gasteiger partial charge in [0, 0.05) is 12.9 Å². The Morgan fingerprint density at radius 3 is 1.72 bits per heavy atom. The Morgan fingerprint density at radius 2 is 1.24 bits per heavy atom. The summed E-state index contributed by atoms with van der Waals surface area (Å²) in [5.74, 6) is 2.09. The predicted octanol–water partition coefficient (Wildman–Crippen LogP) is 7.21. The monoisotopic (exact) mass is 422 g/mol. The number of hydrogen-bond acceptors (Lipinski definition) is 3. The molecule has 0 aliphatic carbocycles. The fourth-order valence-corrected chi connectivity index (χ4v) is 4.71. The molecule has 0 saturated heterocycles. The molecule has 0 bridgehead atoms. The quantitative estimate of drug-likeness (QED) is 0.225. The summed E-state index contributed by atoms with van der Waals surface area (Å²) in [7, 11) is 1.67. The summed E-state index contributed by atoms with van der Waals surface area (Å²) in [6.45, 7) is 2.41. The Balaban J connectivity index is 1.94. The minimum absolute atomic E-state index is 0.00427. The van der Waals surface area contributed by atoms with Crippen LogP contribution in [0.15, 0.2) is 24.3 Å². The van der Waals surface area contributed by atoms with E-state index in [1.165, 1.54) is 107 Å². The average molecular weight is 423 g/mol. The first-order valence-electron chi connectivity index (χ1n) is 12.1. The molecule has 1 atom stereocenters. The van der Waals surface area contributed by atoms with Crippen LogP contribution in [0.25, 0.3) is 0 Å². The van der Waals surface area contributed by atoms with Gasteiger partial charge in [0.05, 0.1) is 12.7 Å². The van der Waals surface area contributed by atoms with Crippen LogP contribution in [0, 0.1) is 0 Å². The normalized spacial score (nSPS) is 12.4. The van der Waals surface area contributed by atoms with Crippen LogP contribution in [-0.2, 0) is 17.6 Å². The maximum Gasteiger partial charge on any atom is 0.0892 e. The van der Waals surface area contributed by atoms with Gasteiger partial charge in [0.1, 0.15) is 0 Å². The van der Waals surface area contributed by atoms with E-state index in [4.69, 9.17) is 9.84 Å². The number of aryl methyl sites for hydroxylation is 2. The van der Waals surface area contributed by atoms with Gasteiger partial charge in [-0.3, -0.25) is 0 Å². The third-order valence-electron chi connectivity index (χ3n) is 5.69. The number of unbranched alkanes of at least 4 members (excludes halogenated alkanes) is 10. The first-order chi connectivity index (χ1) is 14.3. The topological polar surface area (TPSA) is 29.5 Å². The van der Waals surface area contributed by atoms with Crippen molar-refractivity contribution >= 4 is 11.8 Å². The SMILES string of the molecule is CCCCCCCCc1ccc(CCCCCCCCSCC(CO)OC)cc1. The highest BCUT2D eigenvalue weighted by molar-refractivity contribution is 7.99. The van der Waals surface area contributed by atoms with Crippen LogP contribution in [0.5, 0.6) is 0 Å². The molecule has 0 aliphatic heterocycles. The number of hydrogen-bond donors (Lipinski definition) is 1. The van der Waals surface area contributed by atoms with Gasteiger partial charge >= 0.3 is 0 Å². The summed E-state index contributed by atoms with van der Waals surface area (Å²) in [6, 6.07) is 9.40. The average Bonchev–Trinajstić information content (AvgIpc) is 2.75. The molecule has 1 rings (SSSR count).